The minimum atomic E-state index is -1.02. The van der Waals surface area contributed by atoms with Gasteiger partial charge in [-0.3, -0.25) is 4.79 Å². The van der Waals surface area contributed by atoms with Crippen molar-refractivity contribution in [3.63, 3.8) is 0 Å². The number of amides is 1. The van der Waals surface area contributed by atoms with Gasteiger partial charge in [-0.1, -0.05) is 47.7 Å². The molecular weight excluding hydrogens is 408 g/mol. The van der Waals surface area contributed by atoms with Crippen molar-refractivity contribution in [1.29, 1.82) is 0 Å². The average molecular weight is 432 g/mol. The van der Waals surface area contributed by atoms with Crippen LogP contribution in [0.2, 0.25) is 0 Å². The summed E-state index contributed by atoms with van der Waals surface area (Å²) in [6.45, 7) is -0.0371. The summed E-state index contributed by atoms with van der Waals surface area (Å²) in [5.74, 6) is -1.45. The summed E-state index contributed by atoms with van der Waals surface area (Å²) in [6.07, 6.45) is -0.132. The minimum Gasteiger partial charge on any atom is -0.506 e. The third kappa shape index (κ3) is 4.81. The molecule has 0 saturated heterocycles. The highest BCUT2D eigenvalue weighted by atomic mass is 32.1. The number of aromatic nitrogens is 1. The monoisotopic (exact) mass is 432 g/mol. The topological polar surface area (TPSA) is 124 Å². The largest absolute Gasteiger partial charge is 0.506 e. The third-order valence-electron chi connectivity index (χ3n) is 5.07. The number of nitrogens with one attached hydrogen (secondary N) is 1. The predicted molar refractivity (Wildman–Crippen MR) is 114 cm³/mol. The summed E-state index contributed by atoms with van der Waals surface area (Å²) in [5.41, 5.74) is 7.27. The Morgan fingerprint density at radius 1 is 1.20 bits per heavy atom. The molecular formula is C21H24N2O6S. The standard InChI is InChI=1S/C21H24N2O6S/c1-27-21(28-2,10-13-6-4-3-5-7-13)11-14(12-29-19(22)25)15-8-9-16(24)17-18(15)30-20(26)23-17/h3-9,14,24H,10-12H2,1-2H3,(H2,22,25)(H,23,26). The number of methoxy groups -OCH3 is 2. The summed E-state index contributed by atoms with van der Waals surface area (Å²) in [6, 6.07) is 12.9. The molecule has 2 aromatic carbocycles. The van der Waals surface area contributed by atoms with Crippen LogP contribution in [0, 0.1) is 0 Å². The highest BCUT2D eigenvalue weighted by molar-refractivity contribution is 7.16. The van der Waals surface area contributed by atoms with Gasteiger partial charge >= 0.3 is 11.0 Å². The van der Waals surface area contributed by atoms with E-state index in [4.69, 9.17) is 19.9 Å². The number of ether oxygens (including phenoxy) is 3. The molecule has 3 rings (SSSR count). The van der Waals surface area contributed by atoms with Crippen LogP contribution in [0.1, 0.15) is 23.5 Å². The van der Waals surface area contributed by atoms with Crippen molar-refractivity contribution in [3.8, 4) is 5.75 Å². The van der Waals surface area contributed by atoms with E-state index >= 15 is 0 Å². The molecule has 30 heavy (non-hydrogen) atoms. The van der Waals surface area contributed by atoms with Gasteiger partial charge in [-0.05, 0) is 17.2 Å². The van der Waals surface area contributed by atoms with Gasteiger partial charge < -0.3 is 30.0 Å². The fourth-order valence-electron chi connectivity index (χ4n) is 3.55. The van der Waals surface area contributed by atoms with Gasteiger partial charge in [-0.25, -0.2) is 4.79 Å². The lowest BCUT2D eigenvalue weighted by Gasteiger charge is -2.34. The summed E-state index contributed by atoms with van der Waals surface area (Å²) < 4.78 is 17.3. The average Bonchev–Trinajstić information content (AvgIpc) is 3.14. The van der Waals surface area contributed by atoms with Crippen LogP contribution in [0.3, 0.4) is 0 Å². The first kappa shape index (κ1) is 21.8. The number of aromatic hydroxyl groups is 1. The second kappa shape index (κ2) is 9.29. The SMILES string of the molecule is COC(Cc1ccccc1)(CC(COC(N)=O)c1ccc(O)c2[nH]c(=O)sc12)OC. The molecule has 0 spiro atoms. The van der Waals surface area contributed by atoms with Crippen molar-refractivity contribution in [3.05, 3.63) is 63.3 Å². The van der Waals surface area contributed by atoms with E-state index in [1.54, 1.807) is 20.3 Å². The van der Waals surface area contributed by atoms with Gasteiger partial charge in [0.25, 0.3) is 0 Å². The zero-order chi connectivity index (χ0) is 21.7. The zero-order valence-electron chi connectivity index (χ0n) is 16.7. The fraction of sp³-hybridized carbons (Fsp3) is 0.333. The molecule has 1 aromatic heterocycles. The highest BCUT2D eigenvalue weighted by Crippen LogP contribution is 2.38. The number of benzene rings is 2. The second-order valence-electron chi connectivity index (χ2n) is 6.90. The van der Waals surface area contributed by atoms with Crippen molar-refractivity contribution in [1.82, 2.24) is 4.98 Å². The number of fused-ring (bicyclic) bond motifs is 1. The second-order valence-corrected chi connectivity index (χ2v) is 7.89. The number of H-pyrrole nitrogens is 1. The molecule has 1 heterocycles. The molecule has 0 bridgehead atoms. The number of hydrogen-bond donors (Lipinski definition) is 3. The molecule has 4 N–H and O–H groups in total. The van der Waals surface area contributed by atoms with Crippen LogP contribution in [0.15, 0.2) is 47.3 Å². The van der Waals surface area contributed by atoms with Crippen molar-refractivity contribution in [2.45, 2.75) is 24.5 Å². The van der Waals surface area contributed by atoms with E-state index in [0.717, 1.165) is 22.5 Å². The third-order valence-corrected chi connectivity index (χ3v) is 6.00. The molecule has 9 heteroatoms. The quantitative estimate of drug-likeness (QED) is 0.447. The number of phenolic OH excluding ortho intramolecular Hbond substituents is 1. The molecule has 160 valence electrons. The number of carbonyl (C=O) groups is 1. The molecule has 1 unspecified atom stereocenters. The lowest BCUT2D eigenvalue weighted by Crippen LogP contribution is -2.39. The van der Waals surface area contributed by atoms with E-state index in [0.29, 0.717) is 23.1 Å². The lowest BCUT2D eigenvalue weighted by molar-refractivity contribution is -0.213. The summed E-state index contributed by atoms with van der Waals surface area (Å²) in [4.78, 5) is 25.6. The number of primary amides is 1. The summed E-state index contributed by atoms with van der Waals surface area (Å²) >= 11 is 0.976. The van der Waals surface area contributed by atoms with Gasteiger partial charge in [0.15, 0.2) is 5.79 Å². The van der Waals surface area contributed by atoms with Gasteiger partial charge in [-0.2, -0.15) is 0 Å². The predicted octanol–water partition coefficient (Wildman–Crippen LogP) is 3.10. The maximum absolute atomic E-state index is 11.9. The van der Waals surface area contributed by atoms with E-state index in [1.165, 1.54) is 6.07 Å². The van der Waals surface area contributed by atoms with Crippen LogP contribution in [-0.4, -0.2) is 42.8 Å². The zero-order valence-corrected chi connectivity index (χ0v) is 17.5. The van der Waals surface area contributed by atoms with Gasteiger partial charge in [0.05, 0.1) is 4.70 Å². The molecule has 3 aromatic rings. The van der Waals surface area contributed by atoms with Crippen molar-refractivity contribution in [2.75, 3.05) is 20.8 Å². The first-order valence-electron chi connectivity index (χ1n) is 9.28. The van der Waals surface area contributed by atoms with E-state index in [1.807, 2.05) is 30.3 Å². The van der Waals surface area contributed by atoms with Crippen molar-refractivity contribution in [2.24, 2.45) is 5.73 Å². The van der Waals surface area contributed by atoms with Crippen LogP contribution in [0.4, 0.5) is 4.79 Å². The molecule has 0 saturated carbocycles. The molecule has 8 nitrogen and oxygen atoms in total. The molecule has 1 amide bonds. The number of phenols is 1. The van der Waals surface area contributed by atoms with Gasteiger partial charge in [-0.15, -0.1) is 0 Å². The molecule has 1 atom stereocenters. The molecule has 0 aliphatic carbocycles. The Morgan fingerprint density at radius 3 is 2.53 bits per heavy atom. The van der Waals surface area contributed by atoms with Crippen LogP contribution in [-0.2, 0) is 20.6 Å². The van der Waals surface area contributed by atoms with Crippen molar-refractivity contribution < 1.29 is 24.1 Å². The maximum atomic E-state index is 11.9. The first-order chi connectivity index (χ1) is 14.4. The van der Waals surface area contributed by atoms with Crippen LogP contribution in [0.25, 0.3) is 10.2 Å². The van der Waals surface area contributed by atoms with Crippen LogP contribution in [0.5, 0.6) is 5.75 Å². The van der Waals surface area contributed by atoms with E-state index in [-0.39, 0.29) is 17.2 Å². The lowest BCUT2D eigenvalue weighted by atomic mass is 9.88. The normalized spacial score (nSPS) is 12.7. The summed E-state index contributed by atoms with van der Waals surface area (Å²) in [5, 5.41) is 10.1. The number of hydrogen-bond acceptors (Lipinski definition) is 7. The Labute approximate surface area is 177 Å². The van der Waals surface area contributed by atoms with Crippen molar-refractivity contribution >= 4 is 27.6 Å². The van der Waals surface area contributed by atoms with E-state index in [2.05, 4.69) is 4.98 Å². The van der Waals surface area contributed by atoms with Crippen LogP contribution < -0.4 is 10.6 Å². The van der Waals surface area contributed by atoms with Gasteiger partial charge in [0, 0.05) is 33.0 Å². The van der Waals surface area contributed by atoms with Gasteiger partial charge in [0.1, 0.15) is 17.9 Å². The smallest absolute Gasteiger partial charge is 0.404 e. The number of nitrogens with two attached hydrogens (primary N) is 1. The Balaban J connectivity index is 2.02. The maximum Gasteiger partial charge on any atom is 0.404 e. The molecule has 0 radical (unpaired) electrons. The minimum absolute atomic E-state index is 0.0318. The fourth-order valence-corrected chi connectivity index (χ4v) is 4.50. The van der Waals surface area contributed by atoms with Gasteiger partial charge in [0.2, 0.25) is 0 Å². The van der Waals surface area contributed by atoms with Crippen LogP contribution >= 0.6 is 11.3 Å². The Kier molecular flexibility index (Phi) is 6.76. The first-order valence-corrected chi connectivity index (χ1v) is 10.1. The Hall–Kier alpha value is -2.88. The Bertz CT molecular complexity index is 1060. The number of carbonyl (C=O) groups excluding carboxylic acids is 1. The highest BCUT2D eigenvalue weighted by Gasteiger charge is 2.35. The number of aromatic amines is 1. The number of thiazole rings is 1. The van der Waals surface area contributed by atoms with E-state index in [9.17, 15) is 14.7 Å². The molecule has 0 aliphatic rings. The summed E-state index contributed by atoms with van der Waals surface area (Å²) in [7, 11) is 3.11. The molecule has 0 aliphatic heterocycles. The Morgan fingerprint density at radius 2 is 1.90 bits per heavy atom. The number of rotatable bonds is 9. The molecule has 0 fully saturated rings. The van der Waals surface area contributed by atoms with E-state index < -0.39 is 17.8 Å².